The van der Waals surface area contributed by atoms with Gasteiger partial charge in [0.15, 0.2) is 0 Å². The van der Waals surface area contributed by atoms with Gasteiger partial charge in [-0.25, -0.2) is 9.97 Å². The van der Waals surface area contributed by atoms with Crippen molar-refractivity contribution in [2.75, 3.05) is 25.5 Å². The molecule has 1 fully saturated rings. The van der Waals surface area contributed by atoms with E-state index in [0.29, 0.717) is 0 Å². The molecule has 1 aliphatic carbocycles. The van der Waals surface area contributed by atoms with Crippen LogP contribution < -0.4 is 10.6 Å². The van der Waals surface area contributed by atoms with Gasteiger partial charge in [0.2, 0.25) is 0 Å². The van der Waals surface area contributed by atoms with E-state index in [4.69, 9.17) is 0 Å². The number of hydrogen-bond acceptors (Lipinski definition) is 4. The van der Waals surface area contributed by atoms with Gasteiger partial charge in [-0.1, -0.05) is 19.3 Å². The zero-order valence-corrected chi connectivity index (χ0v) is 11.3. The molecule has 0 amide bonds. The Hall–Kier alpha value is -1.16. The lowest BCUT2D eigenvalue weighted by Gasteiger charge is -2.22. The largest absolute Gasteiger partial charge is 0.370 e. The van der Waals surface area contributed by atoms with Crippen LogP contribution in [0.2, 0.25) is 0 Å². The summed E-state index contributed by atoms with van der Waals surface area (Å²) in [5.41, 5.74) is 0. The molecular formula is C14H24N4. The molecule has 2 N–H and O–H groups in total. The molecule has 0 aliphatic heterocycles. The zero-order chi connectivity index (χ0) is 12.6. The van der Waals surface area contributed by atoms with Crippen LogP contribution in [0.4, 0.5) is 5.82 Å². The summed E-state index contributed by atoms with van der Waals surface area (Å²) in [4.78, 5) is 8.81. The lowest BCUT2D eigenvalue weighted by atomic mass is 9.89. The van der Waals surface area contributed by atoms with E-state index < -0.39 is 0 Å². The van der Waals surface area contributed by atoms with Crippen LogP contribution in [0.5, 0.6) is 0 Å². The number of rotatable bonds is 6. The molecule has 1 aromatic rings. The number of hydrogen-bond donors (Lipinski definition) is 2. The highest BCUT2D eigenvalue weighted by Gasteiger charge is 2.13. The normalized spacial score (nSPS) is 16.7. The summed E-state index contributed by atoms with van der Waals surface area (Å²) in [6.45, 7) is 1.98. The van der Waals surface area contributed by atoms with E-state index in [9.17, 15) is 0 Å². The second-order valence-electron chi connectivity index (χ2n) is 5.10. The maximum atomic E-state index is 4.53. The van der Waals surface area contributed by atoms with Crippen molar-refractivity contribution in [1.29, 1.82) is 0 Å². The number of nitrogens with one attached hydrogen (secondary N) is 2. The maximum absolute atomic E-state index is 4.53. The minimum absolute atomic E-state index is 0.828. The van der Waals surface area contributed by atoms with Crippen LogP contribution in [0.3, 0.4) is 0 Å². The average molecular weight is 248 g/mol. The minimum atomic E-state index is 0.828. The molecule has 4 nitrogen and oxygen atoms in total. The quantitative estimate of drug-likeness (QED) is 0.810. The molecule has 4 heteroatoms. The lowest BCUT2D eigenvalue weighted by molar-refractivity contribution is 0.373. The van der Waals surface area contributed by atoms with E-state index in [1.54, 1.807) is 0 Å². The van der Waals surface area contributed by atoms with Gasteiger partial charge >= 0.3 is 0 Å². The Bertz CT molecular complexity index is 347. The van der Waals surface area contributed by atoms with Gasteiger partial charge in [-0.3, -0.25) is 0 Å². The van der Waals surface area contributed by atoms with Gasteiger partial charge in [-0.2, -0.15) is 0 Å². The maximum Gasteiger partial charge on any atom is 0.131 e. The van der Waals surface area contributed by atoms with Gasteiger partial charge in [0.05, 0.1) is 0 Å². The van der Waals surface area contributed by atoms with Crippen molar-refractivity contribution in [3.63, 3.8) is 0 Å². The van der Waals surface area contributed by atoms with Crippen molar-refractivity contribution < 1.29 is 0 Å². The van der Waals surface area contributed by atoms with Gasteiger partial charge in [0.25, 0.3) is 0 Å². The number of aromatic nitrogens is 2. The summed E-state index contributed by atoms with van der Waals surface area (Å²) in [5.74, 6) is 2.72. The first-order valence-corrected chi connectivity index (χ1v) is 7.09. The van der Waals surface area contributed by atoms with Gasteiger partial charge in [-0.15, -0.1) is 0 Å². The standard InChI is InChI=1S/C14H24N4/c1-15-9-7-13-16-10-8-14(18-13)17-11-12-5-3-2-4-6-12/h8,10,12,15H,2-7,9,11H2,1H3,(H,16,17,18). The molecule has 1 aromatic heterocycles. The molecule has 0 unspecified atom stereocenters. The minimum Gasteiger partial charge on any atom is -0.370 e. The van der Waals surface area contributed by atoms with Crippen molar-refractivity contribution in [3.8, 4) is 0 Å². The summed E-state index contributed by atoms with van der Waals surface area (Å²) in [7, 11) is 1.95. The van der Waals surface area contributed by atoms with Crippen molar-refractivity contribution in [2.24, 2.45) is 5.92 Å². The summed E-state index contributed by atoms with van der Waals surface area (Å²) in [6, 6.07) is 1.96. The second kappa shape index (κ2) is 7.31. The first-order valence-electron chi connectivity index (χ1n) is 7.09. The molecule has 1 aliphatic rings. The van der Waals surface area contributed by atoms with Crippen LogP contribution in [0.1, 0.15) is 37.9 Å². The smallest absolute Gasteiger partial charge is 0.131 e. The first kappa shape index (κ1) is 13.3. The van der Waals surface area contributed by atoms with E-state index in [2.05, 4.69) is 20.6 Å². The van der Waals surface area contributed by atoms with Crippen molar-refractivity contribution in [1.82, 2.24) is 15.3 Å². The third kappa shape index (κ3) is 4.26. The SMILES string of the molecule is CNCCc1nccc(NCC2CCCCC2)n1. The van der Waals surface area contributed by atoms with E-state index >= 15 is 0 Å². The predicted molar refractivity (Wildman–Crippen MR) is 74.7 cm³/mol. The van der Waals surface area contributed by atoms with Gasteiger partial charge < -0.3 is 10.6 Å². The van der Waals surface area contributed by atoms with Gasteiger partial charge in [0, 0.05) is 25.7 Å². The van der Waals surface area contributed by atoms with Gasteiger partial charge in [-0.05, 0) is 31.9 Å². The molecule has 100 valence electrons. The number of nitrogens with zero attached hydrogens (tertiary/aromatic N) is 2. The lowest BCUT2D eigenvalue weighted by Crippen LogP contribution is -2.18. The fourth-order valence-electron chi connectivity index (χ4n) is 2.49. The molecule has 0 spiro atoms. The zero-order valence-electron chi connectivity index (χ0n) is 11.3. The fourth-order valence-corrected chi connectivity index (χ4v) is 2.49. The van der Waals surface area contributed by atoms with Crippen LogP contribution in [0.25, 0.3) is 0 Å². The van der Waals surface area contributed by atoms with Crippen LogP contribution >= 0.6 is 0 Å². The first-order chi connectivity index (χ1) is 8.88. The van der Waals surface area contributed by atoms with Crippen LogP contribution in [-0.4, -0.2) is 30.1 Å². The summed E-state index contributed by atoms with van der Waals surface area (Å²) >= 11 is 0. The van der Waals surface area contributed by atoms with E-state index in [1.807, 2.05) is 19.3 Å². The number of anilines is 1. The average Bonchev–Trinajstić information content (AvgIpc) is 2.44. The Morgan fingerprint density at radius 3 is 2.89 bits per heavy atom. The third-order valence-corrected chi connectivity index (χ3v) is 3.60. The molecule has 0 radical (unpaired) electrons. The Morgan fingerprint density at radius 1 is 1.28 bits per heavy atom. The Labute approximate surface area is 110 Å². The second-order valence-corrected chi connectivity index (χ2v) is 5.10. The summed E-state index contributed by atoms with van der Waals surface area (Å²) in [6.07, 6.45) is 9.66. The van der Waals surface area contributed by atoms with Crippen LogP contribution in [-0.2, 0) is 6.42 Å². The van der Waals surface area contributed by atoms with Gasteiger partial charge in [0.1, 0.15) is 11.6 Å². The molecule has 0 atom stereocenters. The topological polar surface area (TPSA) is 49.8 Å². The fraction of sp³-hybridized carbons (Fsp3) is 0.714. The monoisotopic (exact) mass is 248 g/mol. The molecule has 0 saturated heterocycles. The molecule has 1 saturated carbocycles. The van der Waals surface area contributed by atoms with E-state index in [0.717, 1.165) is 37.1 Å². The van der Waals surface area contributed by atoms with Crippen molar-refractivity contribution in [3.05, 3.63) is 18.1 Å². The molecule has 0 bridgehead atoms. The number of likely N-dealkylation sites (N-methyl/N-ethyl adjacent to an activating group) is 1. The van der Waals surface area contributed by atoms with Crippen LogP contribution in [0, 0.1) is 5.92 Å². The van der Waals surface area contributed by atoms with Crippen LogP contribution in [0.15, 0.2) is 12.3 Å². The molecule has 1 heterocycles. The third-order valence-electron chi connectivity index (χ3n) is 3.60. The van der Waals surface area contributed by atoms with E-state index in [-0.39, 0.29) is 0 Å². The molecule has 18 heavy (non-hydrogen) atoms. The molecule has 0 aromatic carbocycles. The summed E-state index contributed by atoms with van der Waals surface area (Å²) in [5, 5.41) is 6.58. The van der Waals surface area contributed by atoms with Crippen molar-refractivity contribution >= 4 is 5.82 Å². The Balaban J connectivity index is 1.80. The highest BCUT2D eigenvalue weighted by molar-refractivity contribution is 5.32. The Morgan fingerprint density at radius 2 is 2.11 bits per heavy atom. The molecular weight excluding hydrogens is 224 g/mol. The molecule has 2 rings (SSSR count). The van der Waals surface area contributed by atoms with Crippen molar-refractivity contribution in [2.45, 2.75) is 38.5 Å². The highest BCUT2D eigenvalue weighted by Crippen LogP contribution is 2.23. The summed E-state index contributed by atoms with van der Waals surface area (Å²) < 4.78 is 0. The predicted octanol–water partition coefficient (Wildman–Crippen LogP) is 2.23. The van der Waals surface area contributed by atoms with E-state index in [1.165, 1.54) is 32.1 Å². The Kier molecular flexibility index (Phi) is 5.39. The highest BCUT2D eigenvalue weighted by atomic mass is 15.0.